The summed E-state index contributed by atoms with van der Waals surface area (Å²) < 4.78 is 24.2. The van der Waals surface area contributed by atoms with Gasteiger partial charge in [-0.25, -0.2) is 19.0 Å². The van der Waals surface area contributed by atoms with Crippen molar-refractivity contribution in [2.24, 2.45) is 0 Å². The lowest BCUT2D eigenvalue weighted by molar-refractivity contribution is -0.157. The van der Waals surface area contributed by atoms with Gasteiger partial charge in [0, 0.05) is 24.4 Å². The van der Waals surface area contributed by atoms with Gasteiger partial charge in [-0.1, -0.05) is 19.0 Å². The van der Waals surface area contributed by atoms with Gasteiger partial charge < -0.3 is 20.1 Å². The Kier molecular flexibility index (Phi) is 10.6. The number of amides is 2. The first kappa shape index (κ1) is 28.3. The SMILES string of the molecule is C.CC(C)(C)OC(=O)N[C@@H](CNC(=O)/C=C/c1ccnc(Cl)c1F)C(=O)OC(C)(C)C. The summed E-state index contributed by atoms with van der Waals surface area (Å²) in [5.41, 5.74) is -1.50. The van der Waals surface area contributed by atoms with Crippen LogP contribution in [0.1, 0.15) is 54.5 Å². The summed E-state index contributed by atoms with van der Waals surface area (Å²) >= 11 is 5.59. The van der Waals surface area contributed by atoms with Crippen molar-refractivity contribution < 1.29 is 28.2 Å². The first-order chi connectivity index (χ1) is 13.7. The van der Waals surface area contributed by atoms with Crippen molar-refractivity contribution in [3.05, 3.63) is 34.9 Å². The predicted molar refractivity (Wildman–Crippen MR) is 117 cm³/mol. The molecule has 0 radical (unpaired) electrons. The molecule has 0 aliphatic rings. The largest absolute Gasteiger partial charge is 0.458 e. The highest BCUT2D eigenvalue weighted by Gasteiger charge is 2.28. The molecule has 0 fully saturated rings. The second-order valence-corrected chi connectivity index (χ2v) is 8.67. The number of nitrogens with zero attached hydrogens (tertiary/aromatic N) is 1. The van der Waals surface area contributed by atoms with Gasteiger partial charge in [0.05, 0.1) is 0 Å². The van der Waals surface area contributed by atoms with Gasteiger partial charge >= 0.3 is 12.1 Å². The molecule has 0 spiro atoms. The molecule has 0 bridgehead atoms. The number of halogens is 2. The van der Waals surface area contributed by atoms with E-state index in [0.29, 0.717) is 0 Å². The Labute approximate surface area is 187 Å². The van der Waals surface area contributed by atoms with Crippen LogP contribution < -0.4 is 10.6 Å². The van der Waals surface area contributed by atoms with Gasteiger partial charge in [0.15, 0.2) is 11.0 Å². The number of alkyl carbamates (subject to hydrolysis) is 1. The number of ether oxygens (including phenoxy) is 2. The third kappa shape index (κ3) is 11.3. The van der Waals surface area contributed by atoms with Crippen molar-refractivity contribution in [3.63, 3.8) is 0 Å². The molecule has 8 nitrogen and oxygen atoms in total. The number of carbonyl (C=O) groups is 3. The average Bonchev–Trinajstić information content (AvgIpc) is 2.56. The molecule has 1 rings (SSSR count). The topological polar surface area (TPSA) is 107 Å². The maximum absolute atomic E-state index is 13.8. The number of rotatable bonds is 6. The Morgan fingerprint density at radius 3 is 2.29 bits per heavy atom. The van der Waals surface area contributed by atoms with Crippen molar-refractivity contribution in [3.8, 4) is 0 Å². The Balaban J connectivity index is 0.00000900. The molecule has 10 heteroatoms. The number of pyridine rings is 1. The maximum Gasteiger partial charge on any atom is 0.408 e. The minimum absolute atomic E-state index is 0. The van der Waals surface area contributed by atoms with Crippen molar-refractivity contribution in [2.75, 3.05) is 6.54 Å². The number of aromatic nitrogens is 1. The predicted octanol–water partition coefficient (Wildman–Crippen LogP) is 3.87. The molecule has 0 aliphatic carbocycles. The molecule has 2 N–H and O–H groups in total. The zero-order valence-corrected chi connectivity index (χ0v) is 18.6. The lowest BCUT2D eigenvalue weighted by Gasteiger charge is -2.26. The summed E-state index contributed by atoms with van der Waals surface area (Å²) in [7, 11) is 0. The van der Waals surface area contributed by atoms with Gasteiger partial charge in [0.1, 0.15) is 17.2 Å². The summed E-state index contributed by atoms with van der Waals surface area (Å²) in [6.45, 7) is 9.77. The summed E-state index contributed by atoms with van der Waals surface area (Å²) in [5, 5.41) is 4.52. The van der Waals surface area contributed by atoms with E-state index in [2.05, 4.69) is 15.6 Å². The third-order valence-electron chi connectivity index (χ3n) is 3.15. The Morgan fingerprint density at radius 1 is 1.16 bits per heavy atom. The molecule has 0 aliphatic heterocycles. The molecule has 0 saturated heterocycles. The standard InChI is InChI=1S/C20H27ClFN3O5.CH4/c1-19(2,3)29-17(27)13(25-18(28)30-20(4,5)6)11-24-14(26)8-7-12-9-10-23-16(21)15(12)22;/h7-10,13H,11H2,1-6H3,(H,24,26)(H,25,28);1H4/b8-7+;/t13-;/m0./s1. The van der Waals surface area contributed by atoms with E-state index >= 15 is 0 Å². The molecule has 174 valence electrons. The van der Waals surface area contributed by atoms with Gasteiger partial charge in [-0.05, 0) is 53.7 Å². The zero-order valence-electron chi connectivity index (χ0n) is 17.8. The van der Waals surface area contributed by atoms with Crippen molar-refractivity contribution in [2.45, 2.75) is 66.2 Å². The molecule has 0 aromatic carbocycles. The number of carbonyl (C=O) groups excluding carboxylic acids is 3. The monoisotopic (exact) mass is 459 g/mol. The zero-order chi connectivity index (χ0) is 23.1. The fourth-order valence-corrected chi connectivity index (χ4v) is 2.17. The highest BCUT2D eigenvalue weighted by atomic mass is 35.5. The van der Waals surface area contributed by atoms with E-state index in [4.69, 9.17) is 21.1 Å². The van der Waals surface area contributed by atoms with Gasteiger partial charge in [0.2, 0.25) is 5.91 Å². The van der Waals surface area contributed by atoms with Crippen LogP contribution in [0.2, 0.25) is 5.15 Å². The van der Waals surface area contributed by atoms with E-state index in [1.54, 1.807) is 41.5 Å². The second kappa shape index (κ2) is 11.6. The average molecular weight is 460 g/mol. The van der Waals surface area contributed by atoms with Gasteiger partial charge in [-0.15, -0.1) is 0 Å². The van der Waals surface area contributed by atoms with Crippen LogP contribution in [0.25, 0.3) is 6.08 Å². The summed E-state index contributed by atoms with van der Waals surface area (Å²) in [6, 6.07) is 0.155. The van der Waals surface area contributed by atoms with Crippen LogP contribution >= 0.6 is 11.6 Å². The Hall–Kier alpha value is -2.68. The number of hydrogen-bond acceptors (Lipinski definition) is 6. The van der Waals surface area contributed by atoms with E-state index < -0.39 is 41.0 Å². The van der Waals surface area contributed by atoms with Crippen LogP contribution in [-0.2, 0) is 19.1 Å². The normalized spacial score (nSPS) is 12.5. The van der Waals surface area contributed by atoms with E-state index in [9.17, 15) is 18.8 Å². The number of esters is 1. The van der Waals surface area contributed by atoms with Crippen LogP contribution in [0, 0.1) is 5.82 Å². The molecule has 1 heterocycles. The summed E-state index contributed by atoms with van der Waals surface area (Å²) in [6.07, 6.45) is 2.74. The van der Waals surface area contributed by atoms with Crippen molar-refractivity contribution in [1.82, 2.24) is 15.6 Å². The molecule has 1 aromatic heterocycles. The minimum Gasteiger partial charge on any atom is -0.458 e. The smallest absolute Gasteiger partial charge is 0.408 e. The first-order valence-electron chi connectivity index (χ1n) is 9.16. The molecular formula is C21H31ClFN3O5. The lowest BCUT2D eigenvalue weighted by Crippen LogP contribution is -2.51. The Bertz CT molecular complexity index is 816. The van der Waals surface area contributed by atoms with Crippen LogP contribution in [0.5, 0.6) is 0 Å². The molecule has 31 heavy (non-hydrogen) atoms. The van der Waals surface area contributed by atoms with Gasteiger partial charge in [-0.2, -0.15) is 0 Å². The highest BCUT2D eigenvalue weighted by Crippen LogP contribution is 2.16. The quantitative estimate of drug-likeness (QED) is 0.380. The van der Waals surface area contributed by atoms with Crippen LogP contribution in [-0.4, -0.2) is 46.7 Å². The molecule has 2 amide bonds. The fraction of sp³-hybridized carbons (Fsp3) is 0.524. The third-order valence-corrected chi connectivity index (χ3v) is 3.42. The second-order valence-electron chi connectivity index (χ2n) is 8.32. The fourth-order valence-electron chi connectivity index (χ4n) is 2.00. The van der Waals surface area contributed by atoms with Crippen molar-refractivity contribution in [1.29, 1.82) is 0 Å². The van der Waals surface area contributed by atoms with E-state index in [0.717, 1.165) is 6.08 Å². The summed E-state index contributed by atoms with van der Waals surface area (Å²) in [4.78, 5) is 40.1. The lowest BCUT2D eigenvalue weighted by atomic mass is 10.2. The van der Waals surface area contributed by atoms with Gasteiger partial charge in [0.25, 0.3) is 0 Å². The Morgan fingerprint density at radius 2 is 1.74 bits per heavy atom. The van der Waals surface area contributed by atoms with E-state index in [1.807, 2.05) is 0 Å². The minimum atomic E-state index is -1.19. The molecule has 0 saturated carbocycles. The van der Waals surface area contributed by atoms with Crippen LogP contribution in [0.4, 0.5) is 9.18 Å². The van der Waals surface area contributed by atoms with E-state index in [1.165, 1.54) is 18.3 Å². The summed E-state index contributed by atoms with van der Waals surface area (Å²) in [5.74, 6) is -2.13. The molecule has 1 atom stereocenters. The van der Waals surface area contributed by atoms with Gasteiger partial charge in [-0.3, -0.25) is 4.79 Å². The molecule has 0 unspecified atom stereocenters. The first-order valence-corrected chi connectivity index (χ1v) is 9.54. The van der Waals surface area contributed by atoms with Crippen LogP contribution in [0.15, 0.2) is 18.3 Å². The highest BCUT2D eigenvalue weighted by molar-refractivity contribution is 6.29. The molecular weight excluding hydrogens is 429 g/mol. The number of hydrogen-bond donors (Lipinski definition) is 2. The molecule has 1 aromatic rings. The van der Waals surface area contributed by atoms with Crippen molar-refractivity contribution >= 4 is 35.6 Å². The van der Waals surface area contributed by atoms with Crippen LogP contribution in [0.3, 0.4) is 0 Å². The van der Waals surface area contributed by atoms with E-state index in [-0.39, 0.29) is 24.7 Å². The number of nitrogens with one attached hydrogen (secondary N) is 2. The maximum atomic E-state index is 13.8.